The summed E-state index contributed by atoms with van der Waals surface area (Å²) >= 11 is 0. The molecule has 2 aromatic heterocycles. The van der Waals surface area contributed by atoms with Crippen molar-refractivity contribution < 1.29 is 13.2 Å². The average Bonchev–Trinajstić information content (AvgIpc) is 3.29. The fraction of sp³-hybridized carbons (Fsp3) is 0.444. The number of halogens is 3. The minimum Gasteiger partial charge on any atom is -0.313 e. The smallest absolute Gasteiger partial charge is 0.289 e. The molecule has 1 saturated carbocycles. The predicted octanol–water partition coefficient (Wildman–Crippen LogP) is 6.89. The van der Waals surface area contributed by atoms with Crippen LogP contribution in [0.5, 0.6) is 0 Å². The van der Waals surface area contributed by atoms with Gasteiger partial charge in [-0.05, 0) is 55.9 Å². The third-order valence-corrected chi connectivity index (χ3v) is 7.45. The fourth-order valence-corrected chi connectivity index (χ4v) is 5.75. The quantitative estimate of drug-likeness (QED) is 0.416. The van der Waals surface area contributed by atoms with E-state index < -0.39 is 17.5 Å². The number of fused-ring (bicyclic) bond motifs is 1. The summed E-state index contributed by atoms with van der Waals surface area (Å²) < 4.78 is 45.9. The molecule has 1 N–H and O–H groups in total. The van der Waals surface area contributed by atoms with Crippen molar-refractivity contribution in [2.45, 2.75) is 65.0 Å². The van der Waals surface area contributed by atoms with Gasteiger partial charge in [-0.15, -0.1) is 0 Å². The lowest BCUT2D eigenvalue weighted by atomic mass is 9.77. The molecule has 7 heteroatoms. The van der Waals surface area contributed by atoms with E-state index in [-0.39, 0.29) is 29.5 Å². The third kappa shape index (κ3) is 3.60. The summed E-state index contributed by atoms with van der Waals surface area (Å²) in [5, 5.41) is 22.1. The van der Waals surface area contributed by atoms with Crippen molar-refractivity contribution in [2.24, 2.45) is 11.8 Å². The van der Waals surface area contributed by atoms with E-state index in [0.29, 0.717) is 28.8 Å². The maximum Gasteiger partial charge on any atom is 0.289 e. The topological polar surface area (TPSA) is 64.9 Å². The molecule has 1 aliphatic rings. The Morgan fingerprint density at radius 3 is 2.44 bits per heavy atom. The number of hydrogen-bond donors (Lipinski definition) is 1. The second-order valence-electron chi connectivity index (χ2n) is 10.00. The zero-order chi connectivity index (χ0) is 25.0. The lowest BCUT2D eigenvalue weighted by Gasteiger charge is -2.30. The molecule has 0 radical (unpaired) electrons. The van der Waals surface area contributed by atoms with Gasteiger partial charge in [-0.25, -0.2) is 8.91 Å². The summed E-state index contributed by atoms with van der Waals surface area (Å²) in [5.74, 6) is -3.81. The molecule has 2 heterocycles. The van der Waals surface area contributed by atoms with Crippen molar-refractivity contribution >= 4 is 11.7 Å². The molecule has 4 rings (SSSR count). The van der Waals surface area contributed by atoms with Crippen molar-refractivity contribution in [3.8, 4) is 17.2 Å². The van der Waals surface area contributed by atoms with Gasteiger partial charge in [0.25, 0.3) is 5.92 Å². The zero-order valence-corrected chi connectivity index (χ0v) is 20.1. The third-order valence-electron chi connectivity index (χ3n) is 7.45. The van der Waals surface area contributed by atoms with Gasteiger partial charge in [-0.2, -0.15) is 19.1 Å². The Bertz CT molecular complexity index is 1300. The molecule has 3 aromatic rings. The molecule has 0 amide bonds. The van der Waals surface area contributed by atoms with E-state index in [1.807, 2.05) is 51.1 Å². The number of pyridine rings is 1. The molecule has 1 aromatic carbocycles. The van der Waals surface area contributed by atoms with E-state index in [1.54, 1.807) is 6.92 Å². The number of alkyl halides is 3. The second kappa shape index (κ2) is 8.26. The minimum absolute atomic E-state index is 0.187. The predicted molar refractivity (Wildman–Crippen MR) is 127 cm³/mol. The Labute approximate surface area is 197 Å². The Morgan fingerprint density at radius 1 is 1.24 bits per heavy atom. The van der Waals surface area contributed by atoms with E-state index in [2.05, 4.69) is 11.2 Å². The van der Waals surface area contributed by atoms with Crippen LogP contribution in [0.15, 0.2) is 30.3 Å². The monoisotopic (exact) mass is 466 g/mol. The molecule has 1 fully saturated rings. The molecule has 0 spiro atoms. The number of benzene rings is 1. The van der Waals surface area contributed by atoms with Gasteiger partial charge >= 0.3 is 0 Å². The molecule has 0 bridgehead atoms. The van der Waals surface area contributed by atoms with Crippen molar-refractivity contribution in [1.29, 1.82) is 10.7 Å². The molecular formula is C27H29F3N4. The normalized spacial score (nSPS) is 23.7. The van der Waals surface area contributed by atoms with Gasteiger partial charge in [0.15, 0.2) is 0 Å². The highest BCUT2D eigenvalue weighted by Crippen LogP contribution is 2.51. The summed E-state index contributed by atoms with van der Waals surface area (Å²) in [4.78, 5) is 0. The van der Waals surface area contributed by atoms with Crippen molar-refractivity contribution in [3.63, 3.8) is 0 Å². The SMILES string of the molecule is Cc1c(-c2ccccc2)c(C2(C)CC(F)C(C(C)C=N)C2)n2nc(C(C)(F)F)c(C)c2c1C#N. The van der Waals surface area contributed by atoms with E-state index in [4.69, 9.17) is 5.41 Å². The number of nitrogens with one attached hydrogen (secondary N) is 1. The first-order valence-corrected chi connectivity index (χ1v) is 11.5. The van der Waals surface area contributed by atoms with Crippen LogP contribution in [0.25, 0.3) is 16.6 Å². The van der Waals surface area contributed by atoms with Crippen LogP contribution in [-0.2, 0) is 11.3 Å². The first kappa shape index (κ1) is 24.0. The number of aryl methyl sites for hydroxylation is 1. The van der Waals surface area contributed by atoms with Crippen molar-refractivity contribution in [3.05, 3.63) is 58.4 Å². The van der Waals surface area contributed by atoms with Crippen LogP contribution >= 0.6 is 0 Å². The number of aromatic nitrogens is 2. The average molecular weight is 467 g/mol. The van der Waals surface area contributed by atoms with E-state index in [9.17, 15) is 14.0 Å². The van der Waals surface area contributed by atoms with Crippen LogP contribution in [0.4, 0.5) is 13.2 Å². The van der Waals surface area contributed by atoms with E-state index >= 15 is 4.39 Å². The molecule has 34 heavy (non-hydrogen) atoms. The molecule has 0 aliphatic heterocycles. The highest BCUT2D eigenvalue weighted by molar-refractivity contribution is 5.81. The van der Waals surface area contributed by atoms with Gasteiger partial charge < -0.3 is 5.41 Å². The highest BCUT2D eigenvalue weighted by Gasteiger charge is 2.48. The van der Waals surface area contributed by atoms with Crippen LogP contribution in [0.2, 0.25) is 0 Å². The van der Waals surface area contributed by atoms with Gasteiger partial charge in [0.05, 0.1) is 16.8 Å². The van der Waals surface area contributed by atoms with Crippen LogP contribution in [0.1, 0.15) is 61.7 Å². The standard InChI is InChI=1S/C27H29F3N4/c1-15(13-31)19-11-26(4,12-21(19)28)25-22(18-9-7-6-8-10-18)16(2)20(14-32)23-17(3)24(27(5,29)30)33-34(23)25/h6-10,13,15,19,21,31H,11-12H2,1-5H3. The van der Waals surface area contributed by atoms with Crippen LogP contribution in [-0.4, -0.2) is 22.0 Å². The Hall–Kier alpha value is -3.14. The van der Waals surface area contributed by atoms with Crippen LogP contribution < -0.4 is 0 Å². The first-order chi connectivity index (χ1) is 15.9. The van der Waals surface area contributed by atoms with Gasteiger partial charge in [-0.1, -0.05) is 44.2 Å². The summed E-state index contributed by atoms with van der Waals surface area (Å²) in [6.45, 7) is 7.97. The fourth-order valence-electron chi connectivity index (χ4n) is 5.75. The van der Waals surface area contributed by atoms with E-state index in [0.717, 1.165) is 18.1 Å². The zero-order valence-electron chi connectivity index (χ0n) is 20.1. The van der Waals surface area contributed by atoms with Gasteiger partial charge in [-0.3, -0.25) is 0 Å². The maximum atomic E-state index is 15.4. The lowest BCUT2D eigenvalue weighted by molar-refractivity contribution is 0.0118. The highest BCUT2D eigenvalue weighted by atomic mass is 19.3. The molecule has 4 atom stereocenters. The minimum atomic E-state index is -3.20. The molecule has 0 saturated heterocycles. The lowest BCUT2D eigenvalue weighted by Crippen LogP contribution is -2.26. The number of hydrogen-bond acceptors (Lipinski definition) is 3. The maximum absolute atomic E-state index is 15.4. The Morgan fingerprint density at radius 2 is 1.88 bits per heavy atom. The summed E-state index contributed by atoms with van der Waals surface area (Å²) in [6, 6.07) is 11.7. The summed E-state index contributed by atoms with van der Waals surface area (Å²) in [7, 11) is 0. The Kier molecular flexibility index (Phi) is 5.83. The summed E-state index contributed by atoms with van der Waals surface area (Å²) in [6.07, 6.45) is 0.767. The van der Waals surface area contributed by atoms with Crippen molar-refractivity contribution in [2.75, 3.05) is 0 Å². The number of nitriles is 1. The van der Waals surface area contributed by atoms with Crippen molar-refractivity contribution in [1.82, 2.24) is 9.61 Å². The van der Waals surface area contributed by atoms with Gasteiger partial charge in [0.2, 0.25) is 0 Å². The number of rotatable bonds is 5. The molecule has 4 nitrogen and oxygen atoms in total. The molecule has 4 unspecified atom stereocenters. The Balaban J connectivity index is 2.15. The molecule has 1 aliphatic carbocycles. The largest absolute Gasteiger partial charge is 0.313 e. The van der Waals surface area contributed by atoms with Crippen LogP contribution in [0.3, 0.4) is 0 Å². The molecular weight excluding hydrogens is 437 g/mol. The number of nitrogens with zero attached hydrogens (tertiary/aromatic N) is 3. The molecule has 178 valence electrons. The summed E-state index contributed by atoms with van der Waals surface area (Å²) in [5.41, 5.74) is 2.67. The van der Waals surface area contributed by atoms with E-state index in [1.165, 1.54) is 10.7 Å². The van der Waals surface area contributed by atoms with Gasteiger partial charge in [0, 0.05) is 23.5 Å². The first-order valence-electron chi connectivity index (χ1n) is 11.5. The van der Waals surface area contributed by atoms with Gasteiger partial charge in [0.1, 0.15) is 17.9 Å². The second-order valence-corrected chi connectivity index (χ2v) is 10.00. The van der Waals surface area contributed by atoms with Crippen LogP contribution in [0, 0.1) is 42.4 Å².